The van der Waals surface area contributed by atoms with Gasteiger partial charge in [0, 0.05) is 15.7 Å². The van der Waals surface area contributed by atoms with Gasteiger partial charge in [-0.05, 0) is 55.8 Å². The molecular formula is C20H21BrN2O5. The molecule has 0 aliphatic rings. The van der Waals surface area contributed by atoms with Crippen molar-refractivity contribution < 1.29 is 23.9 Å². The van der Waals surface area contributed by atoms with Crippen molar-refractivity contribution in [2.24, 2.45) is 0 Å². The van der Waals surface area contributed by atoms with Crippen molar-refractivity contribution in [3.05, 3.63) is 52.0 Å². The second-order valence-electron chi connectivity index (χ2n) is 5.99. The highest BCUT2D eigenvalue weighted by molar-refractivity contribution is 9.10. The van der Waals surface area contributed by atoms with Crippen molar-refractivity contribution in [3.8, 4) is 11.5 Å². The molecule has 7 nitrogen and oxygen atoms in total. The first-order valence-electron chi connectivity index (χ1n) is 8.44. The number of anilines is 1. The van der Waals surface area contributed by atoms with Crippen LogP contribution < -0.4 is 20.1 Å². The van der Waals surface area contributed by atoms with Crippen LogP contribution in [0.2, 0.25) is 0 Å². The molecule has 0 unspecified atom stereocenters. The maximum Gasteiger partial charge on any atom is 0.258 e. The molecule has 0 aliphatic heterocycles. The van der Waals surface area contributed by atoms with Crippen LogP contribution in [0, 0.1) is 6.92 Å². The van der Waals surface area contributed by atoms with Gasteiger partial charge in [-0.1, -0.05) is 15.9 Å². The van der Waals surface area contributed by atoms with Crippen LogP contribution in [-0.2, 0) is 9.59 Å². The number of rotatable bonds is 8. The zero-order valence-corrected chi connectivity index (χ0v) is 17.4. The van der Waals surface area contributed by atoms with Crippen molar-refractivity contribution in [1.29, 1.82) is 0 Å². The lowest BCUT2D eigenvalue weighted by Gasteiger charge is -2.12. The number of hydrogen-bond donors (Lipinski definition) is 2. The molecule has 2 N–H and O–H groups in total. The van der Waals surface area contributed by atoms with E-state index in [1.54, 1.807) is 24.3 Å². The smallest absolute Gasteiger partial charge is 0.258 e. The summed E-state index contributed by atoms with van der Waals surface area (Å²) >= 11 is 3.36. The van der Waals surface area contributed by atoms with Crippen molar-refractivity contribution in [1.82, 2.24) is 5.32 Å². The lowest BCUT2D eigenvalue weighted by atomic mass is 10.1. The Labute approximate surface area is 171 Å². The van der Waals surface area contributed by atoms with Gasteiger partial charge in [0.25, 0.3) is 5.91 Å². The van der Waals surface area contributed by atoms with E-state index in [2.05, 4.69) is 26.6 Å². The Morgan fingerprint density at radius 1 is 1.04 bits per heavy atom. The highest BCUT2D eigenvalue weighted by Crippen LogP contribution is 2.28. The number of carbonyl (C=O) groups excluding carboxylic acids is 3. The summed E-state index contributed by atoms with van der Waals surface area (Å²) in [6.45, 7) is 2.85. The van der Waals surface area contributed by atoms with Gasteiger partial charge in [0.05, 0.1) is 13.7 Å². The van der Waals surface area contributed by atoms with Gasteiger partial charge in [-0.15, -0.1) is 0 Å². The minimum atomic E-state index is -0.458. The molecule has 0 aromatic heterocycles. The normalized spacial score (nSPS) is 10.1. The number of halogens is 1. The zero-order valence-electron chi connectivity index (χ0n) is 15.8. The van der Waals surface area contributed by atoms with E-state index in [1.807, 2.05) is 19.1 Å². The molecule has 0 fully saturated rings. The number of nitrogens with one attached hydrogen (secondary N) is 2. The quantitative estimate of drug-likeness (QED) is 0.605. The van der Waals surface area contributed by atoms with E-state index in [0.717, 1.165) is 10.0 Å². The van der Waals surface area contributed by atoms with Crippen LogP contribution >= 0.6 is 15.9 Å². The second-order valence-corrected chi connectivity index (χ2v) is 6.91. The predicted octanol–water partition coefficient (Wildman–Crippen LogP) is 3.10. The standard InChI is InChI=1S/C20H21BrN2O5/c1-12-8-15(21)5-6-16(12)23-19(25)10-22-20(26)11-28-17-7-4-14(13(2)24)9-18(17)27-3/h4-9H,10-11H2,1-3H3,(H,22,26)(H,23,25). The average molecular weight is 449 g/mol. The van der Waals surface area contributed by atoms with Crippen LogP contribution in [0.5, 0.6) is 11.5 Å². The summed E-state index contributed by atoms with van der Waals surface area (Å²) < 4.78 is 11.5. The number of ether oxygens (including phenoxy) is 2. The molecule has 2 amide bonds. The number of aryl methyl sites for hydroxylation is 1. The van der Waals surface area contributed by atoms with Crippen LogP contribution in [0.3, 0.4) is 0 Å². The molecule has 148 valence electrons. The summed E-state index contributed by atoms with van der Waals surface area (Å²) in [5.41, 5.74) is 2.06. The van der Waals surface area contributed by atoms with Gasteiger partial charge in [-0.2, -0.15) is 0 Å². The number of carbonyl (C=O) groups is 3. The third kappa shape index (κ3) is 6.09. The Balaban J connectivity index is 1.84. The molecule has 0 heterocycles. The van der Waals surface area contributed by atoms with Gasteiger partial charge in [-0.25, -0.2) is 0 Å². The van der Waals surface area contributed by atoms with E-state index in [0.29, 0.717) is 22.7 Å². The van der Waals surface area contributed by atoms with E-state index in [-0.39, 0.29) is 24.8 Å². The fourth-order valence-corrected chi connectivity index (χ4v) is 2.82. The number of Topliss-reactive ketones (excluding diaryl/α,β-unsaturated/α-hetero) is 1. The number of amides is 2. The molecule has 0 radical (unpaired) electrons. The van der Waals surface area contributed by atoms with Gasteiger partial charge in [0.15, 0.2) is 23.9 Å². The number of benzene rings is 2. The van der Waals surface area contributed by atoms with Crippen LogP contribution in [0.25, 0.3) is 0 Å². The van der Waals surface area contributed by atoms with Crippen LogP contribution in [0.15, 0.2) is 40.9 Å². The highest BCUT2D eigenvalue weighted by Gasteiger charge is 2.12. The Bertz CT molecular complexity index is 898. The van der Waals surface area contributed by atoms with Gasteiger partial charge in [0.1, 0.15) is 0 Å². The summed E-state index contributed by atoms with van der Waals surface area (Å²) in [6.07, 6.45) is 0. The van der Waals surface area contributed by atoms with Gasteiger partial charge in [0.2, 0.25) is 5.91 Å². The summed E-state index contributed by atoms with van der Waals surface area (Å²) in [5, 5.41) is 5.23. The summed E-state index contributed by atoms with van der Waals surface area (Å²) in [6, 6.07) is 10.2. The summed E-state index contributed by atoms with van der Waals surface area (Å²) in [7, 11) is 1.45. The van der Waals surface area contributed by atoms with Gasteiger partial charge >= 0.3 is 0 Å². The Kier molecular flexibility index (Phi) is 7.57. The van der Waals surface area contributed by atoms with Crippen LogP contribution in [0.4, 0.5) is 5.69 Å². The van der Waals surface area contributed by atoms with Crippen molar-refractivity contribution in [2.45, 2.75) is 13.8 Å². The number of hydrogen-bond acceptors (Lipinski definition) is 5. The van der Waals surface area contributed by atoms with Gasteiger partial charge < -0.3 is 20.1 Å². The molecule has 0 saturated heterocycles. The molecule has 2 aromatic rings. The van der Waals surface area contributed by atoms with E-state index in [4.69, 9.17) is 9.47 Å². The molecule has 0 saturated carbocycles. The third-order valence-corrected chi connectivity index (χ3v) is 4.33. The maximum atomic E-state index is 12.0. The van der Waals surface area contributed by atoms with Crippen molar-refractivity contribution >= 4 is 39.2 Å². The number of ketones is 1. The lowest BCUT2D eigenvalue weighted by molar-refractivity contribution is -0.125. The van der Waals surface area contributed by atoms with Crippen molar-refractivity contribution in [3.63, 3.8) is 0 Å². The minimum absolute atomic E-state index is 0.102. The van der Waals surface area contributed by atoms with E-state index >= 15 is 0 Å². The first-order valence-corrected chi connectivity index (χ1v) is 9.24. The fourth-order valence-electron chi connectivity index (χ4n) is 2.34. The second kappa shape index (κ2) is 9.89. The van der Waals surface area contributed by atoms with Crippen LogP contribution in [-0.4, -0.2) is 37.9 Å². The maximum absolute atomic E-state index is 12.0. The van der Waals surface area contributed by atoms with E-state index in [9.17, 15) is 14.4 Å². The van der Waals surface area contributed by atoms with E-state index < -0.39 is 5.91 Å². The molecular weight excluding hydrogens is 428 g/mol. The lowest BCUT2D eigenvalue weighted by Crippen LogP contribution is -2.35. The molecule has 28 heavy (non-hydrogen) atoms. The third-order valence-electron chi connectivity index (χ3n) is 3.84. The average Bonchev–Trinajstić information content (AvgIpc) is 2.66. The SMILES string of the molecule is COc1cc(C(C)=O)ccc1OCC(=O)NCC(=O)Nc1ccc(Br)cc1C. The predicted molar refractivity (Wildman–Crippen MR) is 109 cm³/mol. The first kappa shape index (κ1) is 21.4. The number of methoxy groups -OCH3 is 1. The Morgan fingerprint density at radius 3 is 2.43 bits per heavy atom. The van der Waals surface area contributed by atoms with Crippen LogP contribution in [0.1, 0.15) is 22.8 Å². The Morgan fingerprint density at radius 2 is 1.79 bits per heavy atom. The Hall–Kier alpha value is -2.87. The molecule has 2 rings (SSSR count). The molecule has 8 heteroatoms. The first-order chi connectivity index (χ1) is 13.3. The molecule has 0 aliphatic carbocycles. The van der Waals surface area contributed by atoms with Gasteiger partial charge in [-0.3, -0.25) is 14.4 Å². The summed E-state index contributed by atoms with van der Waals surface area (Å²) in [4.78, 5) is 35.4. The monoisotopic (exact) mass is 448 g/mol. The molecule has 2 aromatic carbocycles. The topological polar surface area (TPSA) is 93.7 Å². The van der Waals surface area contributed by atoms with E-state index in [1.165, 1.54) is 14.0 Å². The fraction of sp³-hybridized carbons (Fsp3) is 0.250. The zero-order chi connectivity index (χ0) is 20.7. The largest absolute Gasteiger partial charge is 0.493 e. The van der Waals surface area contributed by atoms with Crippen molar-refractivity contribution in [2.75, 3.05) is 25.6 Å². The highest BCUT2D eigenvalue weighted by atomic mass is 79.9. The minimum Gasteiger partial charge on any atom is -0.493 e. The summed E-state index contributed by atoms with van der Waals surface area (Å²) in [5.74, 6) is -0.223. The molecule has 0 spiro atoms. The molecule has 0 bridgehead atoms. The molecule has 0 atom stereocenters.